The van der Waals surface area contributed by atoms with Crippen LogP contribution in [0.3, 0.4) is 0 Å². The van der Waals surface area contributed by atoms with E-state index in [0.717, 1.165) is 17.7 Å². The van der Waals surface area contributed by atoms with Crippen LogP contribution in [0.25, 0.3) is 11.3 Å². The molecule has 4 rings (SSSR count). The van der Waals surface area contributed by atoms with Crippen LogP contribution >= 0.6 is 0 Å². The molecule has 1 aliphatic heterocycles. The summed E-state index contributed by atoms with van der Waals surface area (Å²) < 4.78 is 39.1. The number of aliphatic hydroxyl groups excluding tert-OH is 3. The third-order valence-corrected chi connectivity index (χ3v) is 5.90. The maximum Gasteiger partial charge on any atom is 0.416 e. The molecular formula is C25H24F3N3O4. The van der Waals surface area contributed by atoms with Gasteiger partial charge in [-0.2, -0.15) is 13.2 Å². The Balaban J connectivity index is 1.75. The smallest absolute Gasteiger partial charge is 0.393 e. The van der Waals surface area contributed by atoms with E-state index in [1.54, 1.807) is 24.3 Å². The summed E-state index contributed by atoms with van der Waals surface area (Å²) in [6, 6.07) is 15.3. The van der Waals surface area contributed by atoms with Crippen molar-refractivity contribution in [2.75, 3.05) is 31.2 Å². The van der Waals surface area contributed by atoms with Crippen LogP contribution in [0.2, 0.25) is 0 Å². The number of halogens is 3. The van der Waals surface area contributed by atoms with Gasteiger partial charge in [-0.1, -0.05) is 12.1 Å². The van der Waals surface area contributed by atoms with Crippen LogP contribution in [0.5, 0.6) is 0 Å². The van der Waals surface area contributed by atoms with Gasteiger partial charge in [-0.15, -0.1) is 0 Å². The summed E-state index contributed by atoms with van der Waals surface area (Å²) in [7, 11) is 0. The van der Waals surface area contributed by atoms with Crippen molar-refractivity contribution in [3.8, 4) is 11.3 Å². The lowest BCUT2D eigenvalue weighted by Gasteiger charge is -2.25. The van der Waals surface area contributed by atoms with E-state index in [4.69, 9.17) is 0 Å². The number of rotatable bonds is 5. The predicted octanol–water partition coefficient (Wildman–Crippen LogP) is 3.27. The van der Waals surface area contributed by atoms with E-state index in [9.17, 15) is 33.3 Å². The van der Waals surface area contributed by atoms with Crippen molar-refractivity contribution < 1.29 is 33.3 Å². The molecule has 0 radical (unpaired) electrons. The first-order valence-electron chi connectivity index (χ1n) is 10.9. The van der Waals surface area contributed by atoms with Crippen LogP contribution in [0.4, 0.5) is 24.5 Å². The Hall–Kier alpha value is -3.47. The standard InChI is InChI=1S/C25H24F3N3O4/c26-25(27,28)18-5-7-19(8-6-18)31-11-10-30(24(35)15-33)13-17-12-16(4-9-22(17)31)20-2-1-3-21(29-20)23(34)14-32/h1-9,12,23,32-34H,10-11,13-15H2. The summed E-state index contributed by atoms with van der Waals surface area (Å²) in [5, 5.41) is 28.5. The molecule has 0 spiro atoms. The zero-order valence-electron chi connectivity index (χ0n) is 18.6. The number of pyridine rings is 1. The van der Waals surface area contributed by atoms with Crippen molar-refractivity contribution in [3.05, 3.63) is 77.5 Å². The molecule has 0 fully saturated rings. The molecule has 1 aromatic heterocycles. The Morgan fingerprint density at radius 1 is 1.03 bits per heavy atom. The Kier molecular flexibility index (Phi) is 7.06. The van der Waals surface area contributed by atoms with Gasteiger partial charge >= 0.3 is 6.18 Å². The number of aliphatic hydroxyl groups is 3. The van der Waals surface area contributed by atoms with E-state index in [1.807, 2.05) is 17.0 Å². The van der Waals surface area contributed by atoms with Gasteiger partial charge in [-0.3, -0.25) is 4.79 Å². The summed E-state index contributed by atoms with van der Waals surface area (Å²) in [6.07, 6.45) is -5.57. The number of nitrogens with zero attached hydrogens (tertiary/aromatic N) is 3. The van der Waals surface area contributed by atoms with Crippen molar-refractivity contribution in [2.24, 2.45) is 0 Å². The van der Waals surface area contributed by atoms with Crippen LogP contribution in [0.1, 0.15) is 22.9 Å². The zero-order valence-corrected chi connectivity index (χ0v) is 18.6. The highest BCUT2D eigenvalue weighted by molar-refractivity contribution is 5.79. The molecule has 35 heavy (non-hydrogen) atoms. The Bertz CT molecular complexity index is 1200. The summed E-state index contributed by atoms with van der Waals surface area (Å²) in [5.74, 6) is -0.457. The molecule has 0 saturated carbocycles. The number of carbonyl (C=O) groups excluding carboxylic acids is 1. The van der Waals surface area contributed by atoms with Gasteiger partial charge in [-0.25, -0.2) is 4.98 Å². The van der Waals surface area contributed by atoms with Gasteiger partial charge < -0.3 is 25.1 Å². The van der Waals surface area contributed by atoms with E-state index in [0.29, 0.717) is 34.9 Å². The van der Waals surface area contributed by atoms with Gasteiger partial charge in [0.05, 0.1) is 23.6 Å². The summed E-state index contributed by atoms with van der Waals surface area (Å²) in [5.41, 5.74) is 2.77. The number of anilines is 2. The normalized spacial score (nSPS) is 14.9. The molecule has 1 unspecified atom stereocenters. The average Bonchev–Trinajstić information content (AvgIpc) is 3.06. The quantitative estimate of drug-likeness (QED) is 0.511. The van der Waals surface area contributed by atoms with Crippen LogP contribution in [0, 0.1) is 0 Å². The lowest BCUT2D eigenvalue weighted by atomic mass is 10.0. The highest BCUT2D eigenvalue weighted by atomic mass is 19.4. The minimum atomic E-state index is -4.44. The van der Waals surface area contributed by atoms with E-state index < -0.39 is 37.0 Å². The first kappa shape index (κ1) is 24.6. The van der Waals surface area contributed by atoms with E-state index in [1.165, 1.54) is 17.0 Å². The van der Waals surface area contributed by atoms with E-state index >= 15 is 0 Å². The molecule has 184 valence electrons. The number of hydrogen-bond donors (Lipinski definition) is 3. The minimum Gasteiger partial charge on any atom is -0.393 e. The molecular weight excluding hydrogens is 463 g/mol. The lowest BCUT2D eigenvalue weighted by molar-refractivity contribution is -0.137. The molecule has 10 heteroatoms. The fourth-order valence-electron chi connectivity index (χ4n) is 4.06. The number of fused-ring (bicyclic) bond motifs is 1. The molecule has 1 aliphatic rings. The van der Waals surface area contributed by atoms with Crippen molar-refractivity contribution in [2.45, 2.75) is 18.8 Å². The molecule has 1 amide bonds. The summed E-state index contributed by atoms with van der Waals surface area (Å²) >= 11 is 0. The minimum absolute atomic E-state index is 0.193. The van der Waals surface area contributed by atoms with Crippen LogP contribution in [-0.4, -0.2) is 57.4 Å². The number of hydrogen-bond acceptors (Lipinski definition) is 6. The highest BCUT2D eigenvalue weighted by Gasteiger charge is 2.31. The first-order valence-corrected chi connectivity index (χ1v) is 10.9. The monoisotopic (exact) mass is 487 g/mol. The van der Waals surface area contributed by atoms with Crippen LogP contribution in [0.15, 0.2) is 60.7 Å². The Morgan fingerprint density at radius 3 is 2.43 bits per heavy atom. The topological polar surface area (TPSA) is 97.1 Å². The lowest BCUT2D eigenvalue weighted by Crippen LogP contribution is -2.35. The Morgan fingerprint density at radius 2 is 1.77 bits per heavy atom. The van der Waals surface area contributed by atoms with Gasteiger partial charge in [0.2, 0.25) is 5.91 Å². The molecule has 3 N–H and O–H groups in total. The highest BCUT2D eigenvalue weighted by Crippen LogP contribution is 2.36. The van der Waals surface area contributed by atoms with Gasteiger partial charge in [0.25, 0.3) is 0 Å². The fourth-order valence-corrected chi connectivity index (χ4v) is 4.06. The number of aromatic nitrogens is 1. The van der Waals surface area contributed by atoms with Gasteiger partial charge in [0.1, 0.15) is 12.7 Å². The van der Waals surface area contributed by atoms with Crippen LogP contribution in [-0.2, 0) is 17.5 Å². The number of benzene rings is 2. The second kappa shape index (κ2) is 10.0. The van der Waals surface area contributed by atoms with Crippen molar-refractivity contribution in [1.29, 1.82) is 0 Å². The fraction of sp³-hybridized carbons (Fsp3) is 0.280. The molecule has 7 nitrogen and oxygen atoms in total. The predicted molar refractivity (Wildman–Crippen MR) is 123 cm³/mol. The number of alkyl halides is 3. The second-order valence-corrected chi connectivity index (χ2v) is 8.16. The van der Waals surface area contributed by atoms with Crippen molar-refractivity contribution in [3.63, 3.8) is 0 Å². The summed E-state index contributed by atoms with van der Waals surface area (Å²) in [6.45, 7) is -0.349. The maximum absolute atomic E-state index is 13.0. The van der Waals surface area contributed by atoms with Crippen molar-refractivity contribution in [1.82, 2.24) is 9.88 Å². The summed E-state index contributed by atoms with van der Waals surface area (Å²) in [4.78, 5) is 20.0. The van der Waals surface area contributed by atoms with E-state index in [-0.39, 0.29) is 13.1 Å². The molecule has 0 saturated heterocycles. The van der Waals surface area contributed by atoms with Crippen LogP contribution < -0.4 is 4.90 Å². The third-order valence-electron chi connectivity index (χ3n) is 5.90. The molecule has 2 aromatic carbocycles. The second-order valence-electron chi connectivity index (χ2n) is 8.16. The van der Waals surface area contributed by atoms with Gasteiger partial charge in [-0.05, 0) is 54.1 Å². The van der Waals surface area contributed by atoms with Gasteiger partial charge in [0, 0.05) is 36.6 Å². The molecule has 3 aromatic rings. The molecule has 0 bridgehead atoms. The number of carbonyl (C=O) groups is 1. The van der Waals surface area contributed by atoms with Crippen molar-refractivity contribution >= 4 is 17.3 Å². The largest absolute Gasteiger partial charge is 0.416 e. The third kappa shape index (κ3) is 5.29. The number of amides is 1. The molecule has 1 atom stereocenters. The van der Waals surface area contributed by atoms with E-state index in [2.05, 4.69) is 4.98 Å². The SMILES string of the molecule is O=C(CO)N1CCN(c2ccc(C(F)(F)F)cc2)c2ccc(-c3cccc(C(O)CO)n3)cc2C1. The molecule has 0 aliphatic carbocycles. The maximum atomic E-state index is 13.0. The molecule has 2 heterocycles. The van der Waals surface area contributed by atoms with Gasteiger partial charge in [0.15, 0.2) is 0 Å². The Labute approximate surface area is 199 Å². The first-order chi connectivity index (χ1) is 16.7. The average molecular weight is 487 g/mol. The zero-order chi connectivity index (χ0) is 25.2.